The lowest BCUT2D eigenvalue weighted by atomic mass is 9.99. The van der Waals surface area contributed by atoms with Crippen molar-refractivity contribution >= 4 is 23.4 Å². The van der Waals surface area contributed by atoms with Crippen molar-refractivity contribution in [3.05, 3.63) is 41.6 Å². The van der Waals surface area contributed by atoms with Crippen LogP contribution in [0.5, 0.6) is 5.75 Å². The molecule has 11 nitrogen and oxygen atoms in total. The first kappa shape index (κ1) is 27.0. The van der Waals surface area contributed by atoms with E-state index in [-0.39, 0.29) is 32.7 Å². The Bertz CT molecular complexity index is 785. The van der Waals surface area contributed by atoms with Gasteiger partial charge in [-0.3, -0.25) is 9.59 Å². The molecule has 6 atom stereocenters. The van der Waals surface area contributed by atoms with Crippen molar-refractivity contribution in [1.29, 1.82) is 0 Å². The number of halogens is 1. The van der Waals surface area contributed by atoms with E-state index in [0.29, 0.717) is 10.8 Å². The second-order valence-corrected chi connectivity index (χ2v) is 7.68. The number of benzene rings is 1. The molecule has 0 aliphatic carbocycles. The number of carbonyl (C=O) groups excluding carboxylic acids is 2. The average Bonchev–Trinajstić information content (AvgIpc) is 2.80. The Balaban J connectivity index is 1.58. The molecule has 1 fully saturated rings. The van der Waals surface area contributed by atoms with Crippen molar-refractivity contribution in [2.75, 3.05) is 19.8 Å². The van der Waals surface area contributed by atoms with E-state index in [0.717, 1.165) is 12.3 Å². The highest BCUT2D eigenvalue weighted by atomic mass is 35.5. The van der Waals surface area contributed by atoms with Crippen molar-refractivity contribution in [3.63, 3.8) is 0 Å². The lowest BCUT2D eigenvalue weighted by Gasteiger charge is -2.37. The number of ketones is 1. The van der Waals surface area contributed by atoms with Crippen LogP contribution < -0.4 is 4.74 Å². The molecule has 1 aliphatic heterocycles. The molecule has 12 heteroatoms. The monoisotopic (exact) mass is 490 g/mol. The summed E-state index contributed by atoms with van der Waals surface area (Å²) in [4.78, 5) is 23.5. The van der Waals surface area contributed by atoms with Crippen LogP contribution in [0.2, 0.25) is 5.02 Å². The molecular weight excluding hydrogens is 464 g/mol. The molecule has 184 valence electrons. The van der Waals surface area contributed by atoms with Crippen LogP contribution in [0.1, 0.15) is 12.8 Å². The maximum Gasteiger partial charge on any atom is 0.306 e. The Labute approximate surface area is 194 Å². The van der Waals surface area contributed by atoms with E-state index in [1.807, 2.05) is 0 Å². The predicted octanol–water partition coefficient (Wildman–Crippen LogP) is -0.698. The van der Waals surface area contributed by atoms with E-state index < -0.39 is 48.6 Å². The number of ether oxygens (including phenoxy) is 4. The molecule has 0 spiro atoms. The topological polar surface area (TPSA) is 172 Å². The molecule has 0 bridgehead atoms. The van der Waals surface area contributed by atoms with Gasteiger partial charge in [-0.25, -0.2) is 0 Å². The average molecular weight is 491 g/mol. The number of hydrogen-bond donors (Lipinski definition) is 5. The van der Waals surface area contributed by atoms with Gasteiger partial charge in [0.25, 0.3) is 0 Å². The molecule has 1 saturated heterocycles. The predicted molar refractivity (Wildman–Crippen MR) is 112 cm³/mol. The largest absolute Gasteiger partial charge is 0.498 e. The first-order valence-corrected chi connectivity index (χ1v) is 10.5. The lowest BCUT2D eigenvalue weighted by Crippen LogP contribution is -2.58. The van der Waals surface area contributed by atoms with Gasteiger partial charge < -0.3 is 44.5 Å². The van der Waals surface area contributed by atoms with Gasteiger partial charge in [0.05, 0.1) is 12.7 Å². The third kappa shape index (κ3) is 9.26. The Morgan fingerprint density at radius 2 is 1.73 bits per heavy atom. The van der Waals surface area contributed by atoms with Crippen LogP contribution in [-0.2, 0) is 23.8 Å². The van der Waals surface area contributed by atoms with Crippen molar-refractivity contribution in [1.82, 2.24) is 0 Å². The summed E-state index contributed by atoms with van der Waals surface area (Å²) in [6.45, 7) is -0.695. The fraction of sp³-hybridized carbons (Fsp3) is 0.524. The highest BCUT2D eigenvalue weighted by molar-refractivity contribution is 6.30. The Hall–Kier alpha value is -2.25. The minimum Gasteiger partial charge on any atom is -0.498 e. The fourth-order valence-corrected chi connectivity index (χ4v) is 2.81. The second kappa shape index (κ2) is 13.5. The van der Waals surface area contributed by atoms with Gasteiger partial charge in [0.2, 0.25) is 0 Å². The van der Waals surface area contributed by atoms with Crippen molar-refractivity contribution in [2.24, 2.45) is 0 Å². The summed E-state index contributed by atoms with van der Waals surface area (Å²) in [5.41, 5.74) is 0. The van der Waals surface area contributed by atoms with E-state index in [2.05, 4.69) is 0 Å². The standard InChI is InChI=1S/C21H27ClO11/c22-12-1-4-15(5-2-12)31-9-14(24)10-32-17(25)6-3-13(23)7-8-30-11-16-18(26)19(27)20(28)21(29)33-16/h1-2,4-5,7-8,14,16,18-21,24,26-29H,3,6,9-11H2/b8-7+/t14?,16-,18-,19+,20-,21?/m1/s1. The zero-order chi connectivity index (χ0) is 24.4. The van der Waals surface area contributed by atoms with Gasteiger partial charge in [-0.15, -0.1) is 0 Å². The molecule has 2 rings (SSSR count). The van der Waals surface area contributed by atoms with Crippen LogP contribution in [0.15, 0.2) is 36.6 Å². The van der Waals surface area contributed by atoms with Gasteiger partial charge in [0, 0.05) is 17.5 Å². The summed E-state index contributed by atoms with van der Waals surface area (Å²) in [5.74, 6) is -0.624. The molecule has 1 aromatic carbocycles. The number of carbonyl (C=O) groups is 2. The van der Waals surface area contributed by atoms with Gasteiger partial charge in [0.15, 0.2) is 12.1 Å². The number of hydrogen-bond acceptors (Lipinski definition) is 11. The minimum atomic E-state index is -1.68. The molecule has 1 aromatic rings. The fourth-order valence-electron chi connectivity index (χ4n) is 2.68. The number of esters is 1. The number of aliphatic hydroxyl groups excluding tert-OH is 5. The molecule has 5 N–H and O–H groups in total. The molecule has 2 unspecified atom stereocenters. The summed E-state index contributed by atoms with van der Waals surface area (Å²) in [6, 6.07) is 6.52. The van der Waals surface area contributed by atoms with Crippen LogP contribution in [0, 0.1) is 0 Å². The highest BCUT2D eigenvalue weighted by Gasteiger charge is 2.43. The maximum absolute atomic E-state index is 11.8. The molecule has 0 amide bonds. The molecule has 1 aliphatic rings. The SMILES string of the molecule is O=C(/C=C/OC[C@H]1OC(O)[C@H](O)[C@@H](O)[C@@H]1O)CCC(=O)OCC(O)COc1ccc(Cl)cc1. The zero-order valence-electron chi connectivity index (χ0n) is 17.5. The van der Waals surface area contributed by atoms with Crippen LogP contribution in [0.4, 0.5) is 0 Å². The third-order valence-corrected chi connectivity index (χ3v) is 4.82. The van der Waals surface area contributed by atoms with E-state index in [4.69, 9.17) is 30.5 Å². The van der Waals surface area contributed by atoms with E-state index in [9.17, 15) is 35.1 Å². The molecule has 33 heavy (non-hydrogen) atoms. The smallest absolute Gasteiger partial charge is 0.306 e. The van der Waals surface area contributed by atoms with Crippen LogP contribution in [0.3, 0.4) is 0 Å². The van der Waals surface area contributed by atoms with Crippen LogP contribution in [0.25, 0.3) is 0 Å². The highest BCUT2D eigenvalue weighted by Crippen LogP contribution is 2.20. The van der Waals surface area contributed by atoms with E-state index in [1.54, 1.807) is 24.3 Å². The summed E-state index contributed by atoms with van der Waals surface area (Å²) >= 11 is 5.76. The Morgan fingerprint density at radius 3 is 2.42 bits per heavy atom. The van der Waals surface area contributed by atoms with E-state index in [1.165, 1.54) is 0 Å². The molecule has 0 radical (unpaired) electrons. The van der Waals surface area contributed by atoms with Crippen molar-refractivity contribution < 1.29 is 54.1 Å². The van der Waals surface area contributed by atoms with Crippen LogP contribution >= 0.6 is 11.6 Å². The van der Waals surface area contributed by atoms with E-state index >= 15 is 0 Å². The van der Waals surface area contributed by atoms with Gasteiger partial charge in [-0.1, -0.05) is 11.6 Å². The summed E-state index contributed by atoms with van der Waals surface area (Å²) in [5, 5.41) is 48.5. The van der Waals surface area contributed by atoms with Gasteiger partial charge in [0.1, 0.15) is 56.1 Å². The number of aliphatic hydroxyl groups is 5. The second-order valence-electron chi connectivity index (χ2n) is 7.24. The summed E-state index contributed by atoms with van der Waals surface area (Å²) in [6.07, 6.45) is -6.91. The molecular formula is C21H27ClO11. The third-order valence-electron chi connectivity index (χ3n) is 4.57. The molecule has 0 aromatic heterocycles. The lowest BCUT2D eigenvalue weighted by molar-refractivity contribution is -0.286. The van der Waals surface area contributed by atoms with Gasteiger partial charge in [-0.2, -0.15) is 0 Å². The zero-order valence-corrected chi connectivity index (χ0v) is 18.3. The van der Waals surface area contributed by atoms with Crippen molar-refractivity contribution in [3.8, 4) is 5.75 Å². The van der Waals surface area contributed by atoms with Crippen molar-refractivity contribution in [2.45, 2.75) is 49.7 Å². The number of allylic oxidation sites excluding steroid dienone is 1. The Morgan fingerprint density at radius 1 is 1.03 bits per heavy atom. The molecule has 0 saturated carbocycles. The number of rotatable bonds is 12. The first-order chi connectivity index (χ1) is 15.7. The van der Waals surface area contributed by atoms with Gasteiger partial charge >= 0.3 is 5.97 Å². The van der Waals surface area contributed by atoms with Gasteiger partial charge in [-0.05, 0) is 24.3 Å². The normalized spacial score (nSPS) is 26.1. The first-order valence-electron chi connectivity index (χ1n) is 10.1. The minimum absolute atomic E-state index is 0.0969. The Kier molecular flexibility index (Phi) is 11.0. The maximum atomic E-state index is 11.8. The summed E-state index contributed by atoms with van der Waals surface area (Å²) < 4.78 is 20.2. The van der Waals surface area contributed by atoms with Crippen LogP contribution in [-0.4, -0.2) is 93.9 Å². The quantitative estimate of drug-likeness (QED) is 0.142. The summed E-state index contributed by atoms with van der Waals surface area (Å²) in [7, 11) is 0. The molecule has 1 heterocycles.